The quantitative estimate of drug-likeness (QED) is 0.874. The van der Waals surface area contributed by atoms with Crippen molar-refractivity contribution < 1.29 is 9.21 Å². The Morgan fingerprint density at radius 3 is 3.00 bits per heavy atom. The predicted molar refractivity (Wildman–Crippen MR) is 64.3 cm³/mol. The minimum absolute atomic E-state index is 0. The van der Waals surface area contributed by atoms with E-state index in [1.165, 1.54) is 0 Å². The maximum atomic E-state index is 11.5. The average Bonchev–Trinajstić information content (AvgIpc) is 2.84. The molecule has 0 aromatic carbocycles. The van der Waals surface area contributed by atoms with Crippen LogP contribution >= 0.6 is 24.0 Å². The van der Waals surface area contributed by atoms with E-state index in [4.69, 9.17) is 16.0 Å². The highest BCUT2D eigenvalue weighted by atomic mass is 35.5. The van der Waals surface area contributed by atoms with E-state index in [1.54, 1.807) is 12.1 Å². The summed E-state index contributed by atoms with van der Waals surface area (Å²) in [6.45, 7) is 2.69. The molecule has 0 spiro atoms. The van der Waals surface area contributed by atoms with E-state index in [-0.39, 0.29) is 29.3 Å². The standard InChI is InChI=1S/C10H13ClN2O2.ClH/c11-9-2-1-8(15-9)10(14)13-6-7-3-4-12-5-7;/h1-2,7,12H,3-6H2,(H,13,14);1H. The third-order valence-corrected chi connectivity index (χ3v) is 2.71. The van der Waals surface area contributed by atoms with Crippen molar-refractivity contribution >= 4 is 29.9 Å². The van der Waals surface area contributed by atoms with Gasteiger partial charge >= 0.3 is 0 Å². The van der Waals surface area contributed by atoms with Crippen molar-refractivity contribution in [3.05, 3.63) is 23.1 Å². The van der Waals surface area contributed by atoms with Gasteiger partial charge in [0.05, 0.1) is 0 Å². The lowest BCUT2D eigenvalue weighted by atomic mass is 10.1. The van der Waals surface area contributed by atoms with E-state index in [0.29, 0.717) is 12.5 Å². The molecule has 0 saturated carbocycles. The van der Waals surface area contributed by atoms with E-state index in [2.05, 4.69) is 10.6 Å². The van der Waals surface area contributed by atoms with Gasteiger partial charge in [0.2, 0.25) is 0 Å². The first-order valence-corrected chi connectivity index (χ1v) is 5.38. The third kappa shape index (κ3) is 3.40. The molecule has 1 atom stereocenters. The summed E-state index contributed by atoms with van der Waals surface area (Å²) in [5.41, 5.74) is 0. The Bertz CT molecular complexity index is 348. The molecule has 1 aliphatic heterocycles. The van der Waals surface area contributed by atoms with Crippen LogP contribution in [0.25, 0.3) is 0 Å². The summed E-state index contributed by atoms with van der Waals surface area (Å²) in [6.07, 6.45) is 1.11. The molecule has 1 unspecified atom stereocenters. The Morgan fingerprint density at radius 1 is 1.62 bits per heavy atom. The molecule has 1 amide bonds. The van der Waals surface area contributed by atoms with Crippen molar-refractivity contribution in [3.8, 4) is 0 Å². The van der Waals surface area contributed by atoms with E-state index in [0.717, 1.165) is 19.5 Å². The van der Waals surface area contributed by atoms with Crippen LogP contribution in [0.15, 0.2) is 16.5 Å². The normalized spacial score (nSPS) is 19.2. The van der Waals surface area contributed by atoms with Crippen LogP contribution in [0, 0.1) is 5.92 Å². The van der Waals surface area contributed by atoms with Gasteiger partial charge in [-0.3, -0.25) is 4.79 Å². The van der Waals surface area contributed by atoms with Gasteiger partial charge in [0.15, 0.2) is 11.0 Å². The fraction of sp³-hybridized carbons (Fsp3) is 0.500. The summed E-state index contributed by atoms with van der Waals surface area (Å²) in [4.78, 5) is 11.5. The van der Waals surface area contributed by atoms with Gasteiger partial charge in [0.1, 0.15) is 0 Å². The average molecular weight is 265 g/mol. The van der Waals surface area contributed by atoms with Crippen LogP contribution in [0.2, 0.25) is 5.22 Å². The van der Waals surface area contributed by atoms with Gasteiger partial charge in [0.25, 0.3) is 5.91 Å². The van der Waals surface area contributed by atoms with Crippen molar-refractivity contribution in [1.82, 2.24) is 10.6 Å². The van der Waals surface area contributed by atoms with E-state index in [1.807, 2.05) is 0 Å². The lowest BCUT2D eigenvalue weighted by molar-refractivity contribution is 0.0920. The van der Waals surface area contributed by atoms with Gasteiger partial charge in [-0.2, -0.15) is 0 Å². The topological polar surface area (TPSA) is 54.3 Å². The molecule has 6 heteroatoms. The van der Waals surface area contributed by atoms with Gasteiger partial charge in [-0.05, 0) is 49.2 Å². The number of nitrogens with one attached hydrogen (secondary N) is 2. The molecule has 1 aliphatic rings. The molecule has 4 nitrogen and oxygen atoms in total. The van der Waals surface area contributed by atoms with Gasteiger partial charge < -0.3 is 15.1 Å². The lowest BCUT2D eigenvalue weighted by Gasteiger charge is -2.08. The summed E-state index contributed by atoms with van der Waals surface area (Å²) in [6, 6.07) is 3.14. The molecule has 0 aliphatic carbocycles. The molecule has 90 valence electrons. The fourth-order valence-corrected chi connectivity index (χ4v) is 1.80. The number of hydrogen-bond acceptors (Lipinski definition) is 3. The van der Waals surface area contributed by atoms with Crippen LogP contribution in [0.5, 0.6) is 0 Å². The molecule has 2 rings (SSSR count). The van der Waals surface area contributed by atoms with Gasteiger partial charge in [0, 0.05) is 6.54 Å². The largest absolute Gasteiger partial charge is 0.440 e. The fourth-order valence-electron chi connectivity index (χ4n) is 1.65. The molecular formula is C10H14Cl2N2O2. The Kier molecular flexibility index (Phi) is 5.12. The highest BCUT2D eigenvalue weighted by Gasteiger charge is 2.16. The second-order valence-electron chi connectivity index (χ2n) is 3.67. The molecule has 2 heterocycles. The molecule has 2 N–H and O–H groups in total. The Balaban J connectivity index is 0.00000128. The van der Waals surface area contributed by atoms with Gasteiger partial charge in [-0.1, -0.05) is 0 Å². The maximum absolute atomic E-state index is 11.5. The number of carbonyl (C=O) groups excluding carboxylic acids is 1. The summed E-state index contributed by atoms with van der Waals surface area (Å²) >= 11 is 5.58. The third-order valence-electron chi connectivity index (χ3n) is 2.51. The van der Waals surface area contributed by atoms with Crippen LogP contribution in [-0.2, 0) is 0 Å². The first-order valence-electron chi connectivity index (χ1n) is 5.00. The van der Waals surface area contributed by atoms with E-state index >= 15 is 0 Å². The van der Waals surface area contributed by atoms with Crippen molar-refractivity contribution in [3.63, 3.8) is 0 Å². The van der Waals surface area contributed by atoms with Crippen LogP contribution in [-0.4, -0.2) is 25.5 Å². The van der Waals surface area contributed by atoms with Crippen molar-refractivity contribution in [1.29, 1.82) is 0 Å². The maximum Gasteiger partial charge on any atom is 0.287 e. The summed E-state index contributed by atoms with van der Waals surface area (Å²) in [5.74, 6) is 0.596. The molecule has 1 fully saturated rings. The van der Waals surface area contributed by atoms with Crippen LogP contribution < -0.4 is 10.6 Å². The van der Waals surface area contributed by atoms with Gasteiger partial charge in [-0.15, -0.1) is 12.4 Å². The predicted octanol–water partition coefficient (Wildman–Crippen LogP) is 1.69. The van der Waals surface area contributed by atoms with E-state index < -0.39 is 0 Å². The second-order valence-corrected chi connectivity index (χ2v) is 4.05. The number of rotatable bonds is 3. The number of carbonyl (C=O) groups is 1. The highest BCUT2D eigenvalue weighted by Crippen LogP contribution is 2.13. The number of furan rings is 1. The molecule has 16 heavy (non-hydrogen) atoms. The molecular weight excluding hydrogens is 251 g/mol. The highest BCUT2D eigenvalue weighted by molar-refractivity contribution is 6.29. The Morgan fingerprint density at radius 2 is 2.44 bits per heavy atom. The minimum Gasteiger partial charge on any atom is -0.440 e. The van der Waals surface area contributed by atoms with Gasteiger partial charge in [-0.25, -0.2) is 0 Å². The molecule has 1 aromatic rings. The summed E-state index contributed by atoms with van der Waals surface area (Å²) in [7, 11) is 0. The smallest absolute Gasteiger partial charge is 0.287 e. The first-order chi connectivity index (χ1) is 7.25. The SMILES string of the molecule is Cl.O=C(NCC1CCNC1)c1ccc(Cl)o1. The number of amides is 1. The number of halogens is 2. The van der Waals surface area contributed by atoms with Crippen molar-refractivity contribution in [2.75, 3.05) is 19.6 Å². The summed E-state index contributed by atoms with van der Waals surface area (Å²) in [5, 5.41) is 6.31. The zero-order chi connectivity index (χ0) is 10.7. The lowest BCUT2D eigenvalue weighted by Crippen LogP contribution is -2.29. The summed E-state index contributed by atoms with van der Waals surface area (Å²) < 4.78 is 5.00. The Hall–Kier alpha value is -0.710. The monoisotopic (exact) mass is 264 g/mol. The van der Waals surface area contributed by atoms with Crippen molar-refractivity contribution in [2.45, 2.75) is 6.42 Å². The first kappa shape index (κ1) is 13.4. The molecule has 1 aromatic heterocycles. The Labute approximate surface area is 105 Å². The number of hydrogen-bond donors (Lipinski definition) is 2. The second kappa shape index (κ2) is 6.13. The zero-order valence-corrected chi connectivity index (χ0v) is 10.2. The van der Waals surface area contributed by atoms with E-state index in [9.17, 15) is 4.79 Å². The van der Waals surface area contributed by atoms with Crippen LogP contribution in [0.3, 0.4) is 0 Å². The molecule has 0 radical (unpaired) electrons. The van der Waals surface area contributed by atoms with Crippen LogP contribution in [0.4, 0.5) is 0 Å². The molecule has 0 bridgehead atoms. The van der Waals surface area contributed by atoms with Crippen molar-refractivity contribution in [2.24, 2.45) is 5.92 Å². The molecule has 1 saturated heterocycles. The zero-order valence-electron chi connectivity index (χ0n) is 8.66. The van der Waals surface area contributed by atoms with Crippen LogP contribution in [0.1, 0.15) is 17.0 Å². The minimum atomic E-state index is -0.200.